The number of rotatable bonds is 3. The number of aromatic nitrogens is 1. The van der Waals surface area contributed by atoms with Gasteiger partial charge in [-0.15, -0.1) is 0 Å². The van der Waals surface area contributed by atoms with Crippen LogP contribution in [0.15, 0.2) is 70.1 Å². The number of carbonyl (C=O) groups excluding carboxylic acids is 1. The van der Waals surface area contributed by atoms with Gasteiger partial charge in [0, 0.05) is 17.1 Å². The molecule has 6 nitrogen and oxygen atoms in total. The maximum atomic E-state index is 13.5. The lowest BCUT2D eigenvalue weighted by atomic mass is 10.1. The minimum Gasteiger partial charge on any atom is -0.508 e. The van der Waals surface area contributed by atoms with Gasteiger partial charge in [0.15, 0.2) is 0 Å². The van der Waals surface area contributed by atoms with Crippen LogP contribution < -0.4 is 10.9 Å². The Hall–Kier alpha value is -3.71. The fraction of sp³-hybridized carbons (Fsp3) is 0.0455. The highest BCUT2D eigenvalue weighted by molar-refractivity contribution is 6.31. The molecule has 30 heavy (non-hydrogen) atoms. The maximum absolute atomic E-state index is 13.5. The van der Waals surface area contributed by atoms with E-state index < -0.39 is 11.7 Å². The molecule has 0 saturated heterocycles. The van der Waals surface area contributed by atoms with Crippen molar-refractivity contribution in [2.24, 2.45) is 4.99 Å². The van der Waals surface area contributed by atoms with E-state index in [4.69, 9.17) is 16.0 Å². The van der Waals surface area contributed by atoms with Crippen LogP contribution in [-0.2, 0) is 0 Å². The molecule has 0 atom stereocenters. The number of hydrogen-bond donors (Lipinski definition) is 2. The topological polar surface area (TPSA) is 87.7 Å². The molecule has 2 aromatic carbocycles. The van der Waals surface area contributed by atoms with Gasteiger partial charge in [0.25, 0.3) is 5.91 Å². The predicted octanol–water partition coefficient (Wildman–Crippen LogP) is 5.12. The first kappa shape index (κ1) is 19.6. The summed E-state index contributed by atoms with van der Waals surface area (Å²) in [6, 6.07) is 15.3. The summed E-state index contributed by atoms with van der Waals surface area (Å²) in [4.78, 5) is 21.5. The predicted molar refractivity (Wildman–Crippen MR) is 111 cm³/mol. The lowest BCUT2D eigenvalue weighted by Gasteiger charge is -2.07. The van der Waals surface area contributed by atoms with Crippen LogP contribution >= 0.6 is 11.6 Å². The van der Waals surface area contributed by atoms with Crippen LogP contribution in [-0.4, -0.2) is 16.0 Å². The zero-order valence-corrected chi connectivity index (χ0v) is 16.4. The van der Waals surface area contributed by atoms with Crippen LogP contribution in [0.2, 0.25) is 5.02 Å². The number of aromatic hydroxyl groups is 1. The number of aryl methyl sites for hydroxylation is 1. The molecule has 0 aliphatic carbocycles. The number of phenols is 1. The third kappa shape index (κ3) is 4.16. The van der Waals surface area contributed by atoms with Gasteiger partial charge in [-0.25, -0.2) is 14.4 Å². The van der Waals surface area contributed by atoms with Crippen LogP contribution in [0.4, 0.5) is 15.9 Å². The average Bonchev–Trinajstić information content (AvgIpc) is 2.70. The number of pyridine rings is 1. The van der Waals surface area contributed by atoms with Crippen LogP contribution in [0.5, 0.6) is 5.75 Å². The number of benzene rings is 2. The molecule has 150 valence electrons. The first-order valence-electron chi connectivity index (χ1n) is 8.91. The minimum absolute atomic E-state index is 0.00295. The van der Waals surface area contributed by atoms with E-state index in [1.807, 2.05) is 13.0 Å². The standard InChI is InChI=1S/C22H15ClFN3O3/c1-12-3-2-4-20(25-12)27-21(29)16-9-13-5-7-15(28)11-19(13)30-22(16)26-14-6-8-18(24)17(23)10-14/h2-11,28H,1H3,(H,25,27,29). The molecule has 4 rings (SSSR count). The van der Waals surface area contributed by atoms with Crippen molar-refractivity contribution in [1.82, 2.24) is 4.98 Å². The number of amides is 1. The molecule has 0 aliphatic heterocycles. The van der Waals surface area contributed by atoms with Crippen molar-refractivity contribution in [2.45, 2.75) is 6.92 Å². The number of hydrogen-bond acceptors (Lipinski definition) is 5. The number of nitrogens with zero attached hydrogens (tertiary/aromatic N) is 2. The number of carbonyl (C=O) groups is 1. The molecule has 2 N–H and O–H groups in total. The Morgan fingerprint density at radius 2 is 2.00 bits per heavy atom. The monoisotopic (exact) mass is 423 g/mol. The van der Waals surface area contributed by atoms with Crippen molar-refractivity contribution in [3.05, 3.63) is 88.3 Å². The van der Waals surface area contributed by atoms with E-state index in [0.717, 1.165) is 5.69 Å². The van der Waals surface area contributed by atoms with E-state index in [1.165, 1.54) is 30.3 Å². The summed E-state index contributed by atoms with van der Waals surface area (Å²) in [7, 11) is 0. The Balaban J connectivity index is 1.86. The smallest absolute Gasteiger partial charge is 0.262 e. The van der Waals surface area contributed by atoms with E-state index in [1.54, 1.807) is 24.3 Å². The highest BCUT2D eigenvalue weighted by Crippen LogP contribution is 2.23. The lowest BCUT2D eigenvalue weighted by molar-refractivity contribution is 0.102. The molecule has 1 amide bonds. The Morgan fingerprint density at radius 1 is 1.17 bits per heavy atom. The molecular weight excluding hydrogens is 409 g/mol. The van der Waals surface area contributed by atoms with Gasteiger partial charge in [-0.3, -0.25) is 4.79 Å². The number of anilines is 1. The Labute approximate surface area is 175 Å². The average molecular weight is 424 g/mol. The van der Waals surface area contributed by atoms with Crippen LogP contribution in [0, 0.1) is 12.7 Å². The van der Waals surface area contributed by atoms with Crippen LogP contribution in [0.1, 0.15) is 16.1 Å². The summed E-state index contributed by atoms with van der Waals surface area (Å²) in [5, 5.41) is 12.9. The van der Waals surface area contributed by atoms with Crippen molar-refractivity contribution in [2.75, 3.05) is 5.32 Å². The third-order valence-corrected chi connectivity index (χ3v) is 4.53. The van der Waals surface area contributed by atoms with Gasteiger partial charge in [-0.2, -0.15) is 0 Å². The number of fused-ring (bicyclic) bond motifs is 1. The second-order valence-electron chi connectivity index (χ2n) is 6.52. The fourth-order valence-electron chi connectivity index (χ4n) is 2.82. The molecule has 0 bridgehead atoms. The van der Waals surface area contributed by atoms with Crippen molar-refractivity contribution in [3.63, 3.8) is 0 Å². The Bertz CT molecular complexity index is 1350. The Morgan fingerprint density at radius 3 is 2.77 bits per heavy atom. The van der Waals surface area contributed by atoms with Gasteiger partial charge < -0.3 is 14.8 Å². The summed E-state index contributed by atoms with van der Waals surface area (Å²) in [6.07, 6.45) is 0. The lowest BCUT2D eigenvalue weighted by Crippen LogP contribution is -2.22. The minimum atomic E-state index is -0.584. The van der Waals surface area contributed by atoms with Gasteiger partial charge in [0.1, 0.15) is 28.5 Å². The van der Waals surface area contributed by atoms with Crippen LogP contribution in [0.3, 0.4) is 0 Å². The molecule has 8 heteroatoms. The molecule has 0 radical (unpaired) electrons. The number of nitrogens with one attached hydrogen (secondary N) is 1. The molecule has 0 fully saturated rings. The molecule has 2 heterocycles. The highest BCUT2D eigenvalue weighted by atomic mass is 35.5. The number of halogens is 2. The van der Waals surface area contributed by atoms with E-state index in [2.05, 4.69) is 15.3 Å². The first-order chi connectivity index (χ1) is 14.4. The van der Waals surface area contributed by atoms with Gasteiger partial charge in [0.2, 0.25) is 5.55 Å². The molecule has 2 aromatic heterocycles. The van der Waals surface area contributed by atoms with Gasteiger partial charge in [0.05, 0.1) is 10.7 Å². The van der Waals surface area contributed by atoms with Crippen molar-refractivity contribution in [3.8, 4) is 5.75 Å². The molecular formula is C22H15ClFN3O3. The summed E-state index contributed by atoms with van der Waals surface area (Å²) >= 11 is 5.83. The van der Waals surface area contributed by atoms with Crippen molar-refractivity contribution in [1.29, 1.82) is 0 Å². The summed E-state index contributed by atoms with van der Waals surface area (Å²) in [5.74, 6) is -0.692. The summed E-state index contributed by atoms with van der Waals surface area (Å²) < 4.78 is 19.3. The van der Waals surface area contributed by atoms with E-state index in [9.17, 15) is 14.3 Å². The molecule has 0 spiro atoms. The summed E-state index contributed by atoms with van der Waals surface area (Å²) in [6.45, 7) is 1.81. The quantitative estimate of drug-likeness (QED) is 0.478. The largest absolute Gasteiger partial charge is 0.508 e. The van der Waals surface area contributed by atoms with Gasteiger partial charge in [-0.05, 0) is 55.5 Å². The maximum Gasteiger partial charge on any atom is 0.262 e. The van der Waals surface area contributed by atoms with Crippen LogP contribution in [0.25, 0.3) is 11.0 Å². The zero-order chi connectivity index (χ0) is 21.3. The van der Waals surface area contributed by atoms with E-state index in [-0.39, 0.29) is 21.9 Å². The first-order valence-corrected chi connectivity index (χ1v) is 9.28. The molecule has 0 unspecified atom stereocenters. The van der Waals surface area contributed by atoms with E-state index >= 15 is 0 Å². The second-order valence-corrected chi connectivity index (χ2v) is 6.92. The molecule has 0 aliphatic rings. The number of phenolic OH excluding ortho intramolecular Hbond substituents is 1. The highest BCUT2D eigenvalue weighted by Gasteiger charge is 2.14. The van der Waals surface area contributed by atoms with Gasteiger partial charge >= 0.3 is 0 Å². The fourth-order valence-corrected chi connectivity index (χ4v) is 3.00. The zero-order valence-electron chi connectivity index (χ0n) is 15.7. The van der Waals surface area contributed by atoms with Gasteiger partial charge in [-0.1, -0.05) is 17.7 Å². The molecule has 0 saturated carbocycles. The third-order valence-electron chi connectivity index (χ3n) is 4.24. The van der Waals surface area contributed by atoms with E-state index in [0.29, 0.717) is 22.5 Å². The normalized spacial score (nSPS) is 11.6. The SMILES string of the molecule is Cc1cccc(NC(=O)c2cc3ccc(O)cc3oc2=Nc2ccc(F)c(Cl)c2)n1. The van der Waals surface area contributed by atoms with Crippen molar-refractivity contribution >= 4 is 40.0 Å². The second kappa shape index (κ2) is 7.96. The molecule has 4 aromatic rings. The van der Waals surface area contributed by atoms with Crippen molar-refractivity contribution < 1.29 is 18.7 Å². The Kier molecular flexibility index (Phi) is 5.20. The summed E-state index contributed by atoms with van der Waals surface area (Å²) in [5.41, 5.74) is 1.48.